The maximum Gasteiger partial charge on any atom is 0.335 e. The van der Waals surface area contributed by atoms with Crippen molar-refractivity contribution in [2.45, 2.75) is 12.3 Å². The van der Waals surface area contributed by atoms with Gasteiger partial charge in [0.2, 0.25) is 0 Å². The normalized spacial score (nSPS) is 19.9. The molecule has 0 radical (unpaired) electrons. The monoisotopic (exact) mass is 231 g/mol. The van der Waals surface area contributed by atoms with Gasteiger partial charge in [-0.15, -0.1) is 0 Å². The SMILES string of the molecule is O=C(O)c1ccn2cc(C3CCNC3)nc2c1. The number of nitrogens with one attached hydrogen (secondary N) is 1. The summed E-state index contributed by atoms with van der Waals surface area (Å²) >= 11 is 0. The molecule has 17 heavy (non-hydrogen) atoms. The summed E-state index contributed by atoms with van der Waals surface area (Å²) in [6.45, 7) is 1.98. The summed E-state index contributed by atoms with van der Waals surface area (Å²) in [5.41, 5.74) is 2.02. The molecular formula is C12H13N3O2. The summed E-state index contributed by atoms with van der Waals surface area (Å²) in [6, 6.07) is 3.20. The van der Waals surface area contributed by atoms with Gasteiger partial charge in [-0.3, -0.25) is 0 Å². The second-order valence-electron chi connectivity index (χ2n) is 4.34. The van der Waals surface area contributed by atoms with Gasteiger partial charge < -0.3 is 14.8 Å². The van der Waals surface area contributed by atoms with Crippen LogP contribution in [0.3, 0.4) is 0 Å². The number of carbonyl (C=O) groups is 1. The average molecular weight is 231 g/mol. The van der Waals surface area contributed by atoms with Crippen LogP contribution in [0.15, 0.2) is 24.5 Å². The van der Waals surface area contributed by atoms with E-state index in [4.69, 9.17) is 5.11 Å². The molecule has 1 aliphatic heterocycles. The smallest absolute Gasteiger partial charge is 0.335 e. The van der Waals surface area contributed by atoms with Gasteiger partial charge in [-0.1, -0.05) is 0 Å². The van der Waals surface area contributed by atoms with Gasteiger partial charge in [0.05, 0.1) is 11.3 Å². The number of aromatic nitrogens is 2. The van der Waals surface area contributed by atoms with E-state index in [1.807, 2.05) is 10.6 Å². The second kappa shape index (κ2) is 3.85. The van der Waals surface area contributed by atoms with Crippen molar-refractivity contribution < 1.29 is 9.90 Å². The third kappa shape index (κ3) is 1.78. The van der Waals surface area contributed by atoms with E-state index in [9.17, 15) is 4.79 Å². The van der Waals surface area contributed by atoms with Crippen LogP contribution in [0.2, 0.25) is 0 Å². The minimum atomic E-state index is -0.917. The number of carboxylic acids is 1. The van der Waals surface area contributed by atoms with Gasteiger partial charge in [-0.25, -0.2) is 9.78 Å². The Morgan fingerprint density at radius 2 is 2.47 bits per heavy atom. The van der Waals surface area contributed by atoms with E-state index in [1.54, 1.807) is 18.3 Å². The number of fused-ring (bicyclic) bond motifs is 1. The van der Waals surface area contributed by atoms with E-state index < -0.39 is 5.97 Å². The molecule has 5 heteroatoms. The summed E-state index contributed by atoms with van der Waals surface area (Å²) in [6.07, 6.45) is 4.83. The maximum atomic E-state index is 10.9. The fourth-order valence-corrected chi connectivity index (χ4v) is 2.24. The van der Waals surface area contributed by atoms with Crippen molar-refractivity contribution in [3.8, 4) is 0 Å². The van der Waals surface area contributed by atoms with Crippen molar-refractivity contribution in [2.75, 3.05) is 13.1 Å². The van der Waals surface area contributed by atoms with Crippen molar-refractivity contribution in [1.29, 1.82) is 0 Å². The van der Waals surface area contributed by atoms with E-state index in [2.05, 4.69) is 10.3 Å². The van der Waals surface area contributed by atoms with Crippen molar-refractivity contribution in [3.05, 3.63) is 35.8 Å². The van der Waals surface area contributed by atoms with Crippen LogP contribution in [-0.2, 0) is 0 Å². The summed E-state index contributed by atoms with van der Waals surface area (Å²) in [7, 11) is 0. The number of aromatic carboxylic acids is 1. The van der Waals surface area contributed by atoms with Crippen LogP contribution in [-0.4, -0.2) is 33.6 Å². The van der Waals surface area contributed by atoms with Gasteiger partial charge in [-0.2, -0.15) is 0 Å². The molecule has 0 aliphatic carbocycles. The Balaban J connectivity index is 2.03. The Labute approximate surface area is 98.1 Å². The fraction of sp³-hybridized carbons (Fsp3) is 0.333. The molecule has 1 fully saturated rings. The Morgan fingerprint density at radius 3 is 3.18 bits per heavy atom. The van der Waals surface area contributed by atoms with E-state index in [1.165, 1.54) is 0 Å². The Bertz CT molecular complexity index is 570. The lowest BCUT2D eigenvalue weighted by Gasteiger charge is -2.01. The quantitative estimate of drug-likeness (QED) is 0.812. The number of imidazole rings is 1. The highest BCUT2D eigenvalue weighted by molar-refractivity contribution is 5.88. The zero-order valence-electron chi connectivity index (χ0n) is 9.26. The molecule has 2 aromatic heterocycles. The lowest BCUT2D eigenvalue weighted by atomic mass is 10.1. The first-order valence-electron chi connectivity index (χ1n) is 5.67. The highest BCUT2D eigenvalue weighted by Crippen LogP contribution is 2.22. The van der Waals surface area contributed by atoms with Gasteiger partial charge in [0.25, 0.3) is 0 Å². The van der Waals surface area contributed by atoms with Crippen LogP contribution < -0.4 is 5.32 Å². The molecule has 88 valence electrons. The lowest BCUT2D eigenvalue weighted by Crippen LogP contribution is -2.07. The number of pyridine rings is 1. The first kappa shape index (κ1) is 10.3. The summed E-state index contributed by atoms with van der Waals surface area (Å²) in [4.78, 5) is 15.4. The maximum absolute atomic E-state index is 10.9. The Hall–Kier alpha value is -1.88. The highest BCUT2D eigenvalue weighted by Gasteiger charge is 2.19. The molecule has 1 unspecified atom stereocenters. The topological polar surface area (TPSA) is 66.6 Å². The summed E-state index contributed by atoms with van der Waals surface area (Å²) in [5.74, 6) is -0.470. The molecule has 0 spiro atoms. The second-order valence-corrected chi connectivity index (χ2v) is 4.34. The summed E-state index contributed by atoms with van der Waals surface area (Å²) < 4.78 is 1.88. The van der Waals surface area contributed by atoms with Crippen LogP contribution in [0.4, 0.5) is 0 Å². The zero-order valence-corrected chi connectivity index (χ0v) is 9.26. The first-order valence-corrected chi connectivity index (χ1v) is 5.67. The van der Waals surface area contributed by atoms with Gasteiger partial charge in [-0.05, 0) is 25.1 Å². The fourth-order valence-electron chi connectivity index (χ4n) is 2.24. The Kier molecular flexibility index (Phi) is 2.33. The average Bonchev–Trinajstić information content (AvgIpc) is 2.96. The first-order chi connectivity index (χ1) is 8.24. The molecule has 1 atom stereocenters. The van der Waals surface area contributed by atoms with Crippen LogP contribution in [0, 0.1) is 0 Å². The molecular weight excluding hydrogens is 218 g/mol. The van der Waals surface area contributed by atoms with Gasteiger partial charge in [0, 0.05) is 24.9 Å². The number of nitrogens with zero attached hydrogens (tertiary/aromatic N) is 2. The number of rotatable bonds is 2. The van der Waals surface area contributed by atoms with E-state index in [0.29, 0.717) is 11.6 Å². The minimum absolute atomic E-state index is 0.277. The van der Waals surface area contributed by atoms with E-state index in [0.717, 1.165) is 25.2 Å². The minimum Gasteiger partial charge on any atom is -0.478 e. The Morgan fingerprint density at radius 1 is 1.59 bits per heavy atom. The predicted molar refractivity (Wildman–Crippen MR) is 62.4 cm³/mol. The molecule has 1 saturated heterocycles. The molecule has 3 heterocycles. The third-order valence-corrected chi connectivity index (χ3v) is 3.20. The zero-order chi connectivity index (χ0) is 11.8. The van der Waals surface area contributed by atoms with Crippen LogP contribution >= 0.6 is 0 Å². The number of hydrogen-bond acceptors (Lipinski definition) is 3. The van der Waals surface area contributed by atoms with Crippen molar-refractivity contribution in [2.24, 2.45) is 0 Å². The molecule has 0 bridgehead atoms. The molecule has 2 N–H and O–H groups in total. The van der Waals surface area contributed by atoms with E-state index in [-0.39, 0.29) is 5.56 Å². The highest BCUT2D eigenvalue weighted by atomic mass is 16.4. The van der Waals surface area contributed by atoms with Crippen LogP contribution in [0.5, 0.6) is 0 Å². The lowest BCUT2D eigenvalue weighted by molar-refractivity contribution is 0.0697. The molecule has 0 aromatic carbocycles. The summed E-state index contributed by atoms with van der Waals surface area (Å²) in [5, 5.41) is 12.2. The molecule has 2 aromatic rings. The van der Waals surface area contributed by atoms with Crippen LogP contribution in [0.1, 0.15) is 28.4 Å². The van der Waals surface area contributed by atoms with Crippen molar-refractivity contribution in [1.82, 2.24) is 14.7 Å². The van der Waals surface area contributed by atoms with Gasteiger partial charge >= 0.3 is 5.97 Å². The van der Waals surface area contributed by atoms with Crippen molar-refractivity contribution in [3.63, 3.8) is 0 Å². The van der Waals surface area contributed by atoms with Crippen molar-refractivity contribution >= 4 is 11.6 Å². The van der Waals surface area contributed by atoms with Crippen LogP contribution in [0.25, 0.3) is 5.65 Å². The molecule has 0 amide bonds. The molecule has 3 rings (SSSR count). The number of hydrogen-bond donors (Lipinski definition) is 2. The van der Waals surface area contributed by atoms with Gasteiger partial charge in [0.15, 0.2) is 0 Å². The largest absolute Gasteiger partial charge is 0.478 e. The third-order valence-electron chi connectivity index (χ3n) is 3.20. The molecule has 5 nitrogen and oxygen atoms in total. The number of carboxylic acid groups (broad SMARTS) is 1. The molecule has 1 aliphatic rings. The van der Waals surface area contributed by atoms with Gasteiger partial charge in [0.1, 0.15) is 5.65 Å². The molecule has 0 saturated carbocycles. The van der Waals surface area contributed by atoms with E-state index >= 15 is 0 Å². The predicted octanol–water partition coefficient (Wildman–Crippen LogP) is 1.11. The standard InChI is InChI=1S/C12H13N3O2/c16-12(17)8-2-4-15-7-10(14-11(15)5-8)9-1-3-13-6-9/h2,4-5,7,9,13H,1,3,6H2,(H,16,17).